The fourth-order valence-electron chi connectivity index (χ4n) is 1.03. The third-order valence-corrected chi connectivity index (χ3v) is 1.59. The monoisotopic (exact) mass is 186 g/mol. The van der Waals surface area contributed by atoms with Crippen molar-refractivity contribution >= 4 is 0 Å². The summed E-state index contributed by atoms with van der Waals surface area (Å²) in [6, 6.07) is 9.67. The summed E-state index contributed by atoms with van der Waals surface area (Å²) in [6.07, 6.45) is 7.36. The number of rotatable bonds is 4. The molecule has 0 heterocycles. The van der Waals surface area contributed by atoms with Crippen molar-refractivity contribution in [3.63, 3.8) is 0 Å². The SMILES string of the molecule is C=CC=C(C=CC)Oc1ccccc1. The van der Waals surface area contributed by atoms with E-state index in [2.05, 4.69) is 6.58 Å². The fourth-order valence-corrected chi connectivity index (χ4v) is 1.03. The predicted molar refractivity (Wildman–Crippen MR) is 60.2 cm³/mol. The average Bonchev–Trinajstić information content (AvgIpc) is 2.20. The number of hydrogen-bond acceptors (Lipinski definition) is 1. The molecule has 0 aliphatic heterocycles. The molecule has 1 aromatic rings. The first kappa shape index (κ1) is 10.3. The molecular formula is C13H14O. The van der Waals surface area contributed by atoms with Crippen LogP contribution in [-0.2, 0) is 0 Å². The van der Waals surface area contributed by atoms with E-state index >= 15 is 0 Å². The molecule has 0 bridgehead atoms. The van der Waals surface area contributed by atoms with Gasteiger partial charge in [-0.1, -0.05) is 36.9 Å². The minimum Gasteiger partial charge on any atom is -0.457 e. The molecule has 0 aromatic heterocycles. The Morgan fingerprint density at radius 2 is 2.00 bits per heavy atom. The molecule has 1 rings (SSSR count). The first-order valence-corrected chi connectivity index (χ1v) is 4.55. The van der Waals surface area contributed by atoms with E-state index in [4.69, 9.17) is 4.74 Å². The Bertz CT molecular complexity index is 334. The van der Waals surface area contributed by atoms with Crippen LogP contribution in [0, 0.1) is 0 Å². The Labute approximate surface area is 85.0 Å². The smallest absolute Gasteiger partial charge is 0.127 e. The molecule has 0 saturated carbocycles. The molecule has 0 fully saturated rings. The van der Waals surface area contributed by atoms with Crippen LogP contribution in [0.5, 0.6) is 5.75 Å². The summed E-state index contributed by atoms with van der Waals surface area (Å²) >= 11 is 0. The van der Waals surface area contributed by atoms with Crippen molar-refractivity contribution in [1.29, 1.82) is 0 Å². The lowest BCUT2D eigenvalue weighted by Gasteiger charge is -2.04. The van der Waals surface area contributed by atoms with E-state index < -0.39 is 0 Å². The summed E-state index contributed by atoms with van der Waals surface area (Å²) in [4.78, 5) is 0. The van der Waals surface area contributed by atoms with Crippen LogP contribution in [0.2, 0.25) is 0 Å². The first-order chi connectivity index (χ1) is 6.86. The van der Waals surface area contributed by atoms with E-state index in [1.54, 1.807) is 6.08 Å². The molecule has 1 heteroatoms. The number of ether oxygens (including phenoxy) is 1. The van der Waals surface area contributed by atoms with Gasteiger partial charge in [0.05, 0.1) is 0 Å². The third-order valence-electron chi connectivity index (χ3n) is 1.59. The molecule has 0 amide bonds. The van der Waals surface area contributed by atoms with E-state index in [0.29, 0.717) is 0 Å². The van der Waals surface area contributed by atoms with Crippen molar-refractivity contribution < 1.29 is 4.74 Å². The lowest BCUT2D eigenvalue weighted by Crippen LogP contribution is -1.90. The normalized spacial score (nSPS) is 11.6. The summed E-state index contributed by atoms with van der Waals surface area (Å²) in [5.74, 6) is 1.62. The molecule has 1 nitrogen and oxygen atoms in total. The van der Waals surface area contributed by atoms with Gasteiger partial charge in [-0.2, -0.15) is 0 Å². The standard InChI is InChI=1S/C13H14O/c1-3-8-12(9-4-2)14-13-10-6-5-7-11-13/h3-11H,1H2,2H3. The van der Waals surface area contributed by atoms with Crippen LogP contribution in [0.15, 0.2) is 67.0 Å². The zero-order valence-corrected chi connectivity index (χ0v) is 8.31. The highest BCUT2D eigenvalue weighted by Crippen LogP contribution is 2.13. The Morgan fingerprint density at radius 3 is 2.57 bits per heavy atom. The fraction of sp³-hybridized carbons (Fsp3) is 0.0769. The summed E-state index contributed by atoms with van der Waals surface area (Å²) in [5.41, 5.74) is 0. The van der Waals surface area contributed by atoms with Crippen molar-refractivity contribution in [3.05, 3.63) is 67.0 Å². The minimum atomic E-state index is 0.786. The first-order valence-electron chi connectivity index (χ1n) is 4.55. The van der Waals surface area contributed by atoms with Gasteiger partial charge in [-0.05, 0) is 31.2 Å². The van der Waals surface area contributed by atoms with Crippen molar-refractivity contribution in [2.75, 3.05) is 0 Å². The maximum absolute atomic E-state index is 5.60. The second-order valence-corrected chi connectivity index (χ2v) is 2.72. The average molecular weight is 186 g/mol. The van der Waals surface area contributed by atoms with Crippen LogP contribution in [0.25, 0.3) is 0 Å². The van der Waals surface area contributed by atoms with Crippen LogP contribution in [-0.4, -0.2) is 0 Å². The van der Waals surface area contributed by atoms with Crippen LogP contribution in [0.1, 0.15) is 6.92 Å². The number of hydrogen-bond donors (Lipinski definition) is 0. The van der Waals surface area contributed by atoms with Gasteiger partial charge in [-0.15, -0.1) is 0 Å². The molecule has 0 atom stereocenters. The molecule has 0 saturated heterocycles. The topological polar surface area (TPSA) is 9.23 Å². The number of para-hydroxylation sites is 1. The lowest BCUT2D eigenvalue weighted by molar-refractivity contribution is 0.444. The Kier molecular flexibility index (Phi) is 4.29. The second-order valence-electron chi connectivity index (χ2n) is 2.72. The molecule has 0 aliphatic carbocycles. The zero-order chi connectivity index (χ0) is 10.2. The molecule has 0 radical (unpaired) electrons. The molecular weight excluding hydrogens is 172 g/mol. The zero-order valence-electron chi connectivity index (χ0n) is 8.31. The lowest BCUT2D eigenvalue weighted by atomic mass is 10.3. The van der Waals surface area contributed by atoms with Gasteiger partial charge in [0, 0.05) is 0 Å². The second kappa shape index (κ2) is 5.81. The Hall–Kier alpha value is -1.76. The van der Waals surface area contributed by atoms with Gasteiger partial charge in [-0.25, -0.2) is 0 Å². The van der Waals surface area contributed by atoms with E-state index in [-0.39, 0.29) is 0 Å². The van der Waals surface area contributed by atoms with E-state index in [0.717, 1.165) is 11.5 Å². The van der Waals surface area contributed by atoms with Crippen LogP contribution in [0.3, 0.4) is 0 Å². The van der Waals surface area contributed by atoms with E-state index in [9.17, 15) is 0 Å². The predicted octanol–water partition coefficient (Wildman–Crippen LogP) is 3.71. The van der Waals surface area contributed by atoms with Gasteiger partial charge in [-0.3, -0.25) is 0 Å². The van der Waals surface area contributed by atoms with Gasteiger partial charge >= 0.3 is 0 Å². The quantitative estimate of drug-likeness (QED) is 0.514. The highest BCUT2D eigenvalue weighted by Gasteiger charge is 1.93. The summed E-state index contributed by atoms with van der Waals surface area (Å²) in [7, 11) is 0. The summed E-state index contributed by atoms with van der Waals surface area (Å²) in [5, 5.41) is 0. The van der Waals surface area contributed by atoms with Crippen molar-refractivity contribution in [1.82, 2.24) is 0 Å². The number of benzene rings is 1. The largest absolute Gasteiger partial charge is 0.457 e. The van der Waals surface area contributed by atoms with Gasteiger partial charge in [0.1, 0.15) is 11.5 Å². The van der Waals surface area contributed by atoms with Gasteiger partial charge in [0.2, 0.25) is 0 Å². The maximum atomic E-state index is 5.60. The summed E-state index contributed by atoms with van der Waals surface area (Å²) < 4.78 is 5.60. The molecule has 0 N–H and O–H groups in total. The molecule has 1 aromatic carbocycles. The molecule has 0 unspecified atom stereocenters. The molecule has 14 heavy (non-hydrogen) atoms. The van der Waals surface area contributed by atoms with Crippen LogP contribution in [0.4, 0.5) is 0 Å². The minimum absolute atomic E-state index is 0.786. The summed E-state index contributed by atoms with van der Waals surface area (Å²) in [6.45, 7) is 5.58. The number of allylic oxidation sites excluding steroid dienone is 4. The highest BCUT2D eigenvalue weighted by molar-refractivity contribution is 5.27. The van der Waals surface area contributed by atoms with E-state index in [1.165, 1.54) is 0 Å². The van der Waals surface area contributed by atoms with Gasteiger partial charge in [0.15, 0.2) is 0 Å². The maximum Gasteiger partial charge on any atom is 0.127 e. The van der Waals surface area contributed by atoms with E-state index in [1.807, 2.05) is 55.5 Å². The Morgan fingerprint density at radius 1 is 1.29 bits per heavy atom. The van der Waals surface area contributed by atoms with Gasteiger partial charge in [0.25, 0.3) is 0 Å². The van der Waals surface area contributed by atoms with Crippen molar-refractivity contribution in [3.8, 4) is 5.75 Å². The third kappa shape index (κ3) is 3.31. The molecule has 0 spiro atoms. The highest BCUT2D eigenvalue weighted by atomic mass is 16.5. The Balaban J connectivity index is 2.75. The van der Waals surface area contributed by atoms with Gasteiger partial charge < -0.3 is 4.74 Å². The van der Waals surface area contributed by atoms with Crippen LogP contribution >= 0.6 is 0 Å². The molecule has 0 aliphatic rings. The van der Waals surface area contributed by atoms with Crippen molar-refractivity contribution in [2.45, 2.75) is 6.92 Å². The molecule has 72 valence electrons. The van der Waals surface area contributed by atoms with Crippen LogP contribution < -0.4 is 4.74 Å². The van der Waals surface area contributed by atoms with Crippen molar-refractivity contribution in [2.24, 2.45) is 0 Å².